The van der Waals surface area contributed by atoms with Gasteiger partial charge in [0.2, 0.25) is 0 Å². The molecule has 0 unspecified atom stereocenters. The first-order chi connectivity index (χ1) is 13.0. The molecule has 7 heteroatoms. The Kier molecular flexibility index (Phi) is 7.37. The number of ether oxygens (including phenoxy) is 3. The average Bonchev–Trinajstić information content (AvgIpc) is 2.67. The zero-order chi connectivity index (χ0) is 19.6. The number of amides is 1. The molecule has 2 aromatic rings. The van der Waals surface area contributed by atoms with Gasteiger partial charge in [-0.2, -0.15) is 0 Å². The Bertz CT molecular complexity index is 818. The second-order valence-corrected chi connectivity index (χ2v) is 5.60. The van der Waals surface area contributed by atoms with Crippen LogP contribution in [0.4, 0.5) is 5.69 Å². The van der Waals surface area contributed by atoms with Gasteiger partial charge in [0.05, 0.1) is 20.1 Å². The number of esters is 1. The van der Waals surface area contributed by atoms with Gasteiger partial charge >= 0.3 is 5.97 Å². The van der Waals surface area contributed by atoms with E-state index in [1.54, 1.807) is 42.5 Å². The minimum atomic E-state index is -0.558. The van der Waals surface area contributed by atoms with Crippen LogP contribution >= 0.6 is 0 Å². The van der Waals surface area contributed by atoms with E-state index in [1.807, 2.05) is 6.07 Å². The lowest BCUT2D eigenvalue weighted by Gasteiger charge is -2.10. The van der Waals surface area contributed by atoms with Crippen LogP contribution in [0.3, 0.4) is 0 Å². The van der Waals surface area contributed by atoms with E-state index in [1.165, 1.54) is 14.0 Å². The Morgan fingerprint density at radius 2 is 1.74 bits per heavy atom. The molecule has 2 aromatic carbocycles. The summed E-state index contributed by atoms with van der Waals surface area (Å²) in [6.45, 7) is 1.12. The van der Waals surface area contributed by atoms with Crippen molar-refractivity contribution in [2.24, 2.45) is 0 Å². The highest BCUT2D eigenvalue weighted by Crippen LogP contribution is 2.25. The Balaban J connectivity index is 1.72. The zero-order valence-corrected chi connectivity index (χ0v) is 15.2. The molecule has 0 fully saturated rings. The second kappa shape index (κ2) is 9.96. The Morgan fingerprint density at radius 1 is 1.00 bits per heavy atom. The second-order valence-electron chi connectivity index (χ2n) is 5.60. The Labute approximate surface area is 157 Å². The maximum atomic E-state index is 11.9. The molecule has 0 atom stereocenters. The van der Waals surface area contributed by atoms with Crippen LogP contribution in [0.15, 0.2) is 48.5 Å². The highest BCUT2D eigenvalue weighted by atomic mass is 16.5. The SMILES string of the molecule is COc1ccccc1OCCC(=O)OCC(=O)Nc1cccc(C(C)=O)c1. The molecule has 0 saturated heterocycles. The highest BCUT2D eigenvalue weighted by Gasteiger charge is 2.10. The lowest BCUT2D eigenvalue weighted by atomic mass is 10.1. The molecule has 142 valence electrons. The molecular weight excluding hydrogens is 350 g/mol. The van der Waals surface area contributed by atoms with E-state index in [-0.39, 0.29) is 18.8 Å². The number of anilines is 1. The predicted molar refractivity (Wildman–Crippen MR) is 99.1 cm³/mol. The van der Waals surface area contributed by atoms with Crippen molar-refractivity contribution in [3.63, 3.8) is 0 Å². The van der Waals surface area contributed by atoms with Gasteiger partial charge in [0.25, 0.3) is 5.91 Å². The van der Waals surface area contributed by atoms with E-state index >= 15 is 0 Å². The molecule has 0 aromatic heterocycles. The third kappa shape index (κ3) is 6.47. The predicted octanol–water partition coefficient (Wildman–Crippen LogP) is 2.85. The fourth-order valence-electron chi connectivity index (χ4n) is 2.21. The van der Waals surface area contributed by atoms with Gasteiger partial charge in [0.1, 0.15) is 0 Å². The number of carbonyl (C=O) groups excluding carboxylic acids is 3. The van der Waals surface area contributed by atoms with Gasteiger partial charge in [-0.1, -0.05) is 24.3 Å². The fourth-order valence-corrected chi connectivity index (χ4v) is 2.21. The zero-order valence-electron chi connectivity index (χ0n) is 15.2. The van der Waals surface area contributed by atoms with Crippen LogP contribution < -0.4 is 14.8 Å². The van der Waals surface area contributed by atoms with Gasteiger partial charge in [-0.15, -0.1) is 0 Å². The summed E-state index contributed by atoms with van der Waals surface area (Å²) >= 11 is 0. The molecule has 7 nitrogen and oxygen atoms in total. The standard InChI is InChI=1S/C20H21NO6/c1-14(22)15-6-5-7-16(12-15)21-19(23)13-27-20(24)10-11-26-18-9-4-3-8-17(18)25-2/h3-9,12H,10-11,13H2,1-2H3,(H,21,23). The molecule has 2 rings (SSSR count). The van der Waals surface area contributed by atoms with Crippen LogP contribution in [0.5, 0.6) is 11.5 Å². The first-order valence-corrected chi connectivity index (χ1v) is 8.32. The van der Waals surface area contributed by atoms with Crippen LogP contribution in [-0.4, -0.2) is 38.0 Å². The van der Waals surface area contributed by atoms with Crippen molar-refractivity contribution in [2.45, 2.75) is 13.3 Å². The first kappa shape index (κ1) is 20.0. The molecule has 27 heavy (non-hydrogen) atoms. The highest BCUT2D eigenvalue weighted by molar-refractivity contribution is 5.97. The van der Waals surface area contributed by atoms with Crippen molar-refractivity contribution in [2.75, 3.05) is 25.6 Å². The number of carbonyl (C=O) groups is 3. The smallest absolute Gasteiger partial charge is 0.309 e. The van der Waals surface area contributed by atoms with Crippen molar-refractivity contribution in [3.8, 4) is 11.5 Å². The van der Waals surface area contributed by atoms with Crippen LogP contribution in [0.2, 0.25) is 0 Å². The summed E-state index contributed by atoms with van der Waals surface area (Å²) in [5, 5.41) is 2.57. The average molecular weight is 371 g/mol. The summed E-state index contributed by atoms with van der Waals surface area (Å²) in [7, 11) is 1.53. The van der Waals surface area contributed by atoms with Gasteiger partial charge in [0, 0.05) is 11.3 Å². The molecule has 0 spiro atoms. The molecule has 0 aliphatic heterocycles. The lowest BCUT2D eigenvalue weighted by Crippen LogP contribution is -2.21. The Morgan fingerprint density at radius 3 is 2.44 bits per heavy atom. The first-order valence-electron chi connectivity index (χ1n) is 8.32. The van der Waals surface area contributed by atoms with E-state index in [9.17, 15) is 14.4 Å². The molecule has 0 radical (unpaired) electrons. The molecular formula is C20H21NO6. The fraction of sp³-hybridized carbons (Fsp3) is 0.250. The van der Waals surface area contributed by atoms with Crippen LogP contribution in [-0.2, 0) is 14.3 Å². The van der Waals surface area contributed by atoms with Crippen molar-refractivity contribution in [1.82, 2.24) is 0 Å². The minimum Gasteiger partial charge on any atom is -0.493 e. The maximum absolute atomic E-state index is 11.9. The number of nitrogens with one attached hydrogen (secondary N) is 1. The van der Waals surface area contributed by atoms with Crippen LogP contribution in [0, 0.1) is 0 Å². The van der Waals surface area contributed by atoms with Crippen LogP contribution in [0.1, 0.15) is 23.7 Å². The molecule has 0 bridgehead atoms. The number of benzene rings is 2. The van der Waals surface area contributed by atoms with E-state index in [4.69, 9.17) is 14.2 Å². The number of para-hydroxylation sites is 2. The molecule has 1 N–H and O–H groups in total. The summed E-state index contributed by atoms with van der Waals surface area (Å²) in [6.07, 6.45) is -0.00878. The number of rotatable bonds is 9. The number of Topliss-reactive ketones (excluding diaryl/α,β-unsaturated/α-hetero) is 1. The molecule has 1 amide bonds. The summed E-state index contributed by atoms with van der Waals surface area (Å²) < 4.78 is 15.5. The number of hydrogen-bond acceptors (Lipinski definition) is 6. The van der Waals surface area contributed by atoms with Crippen molar-refractivity contribution < 1.29 is 28.6 Å². The molecule has 0 heterocycles. The molecule has 0 aliphatic rings. The summed E-state index contributed by atoms with van der Waals surface area (Å²) in [4.78, 5) is 34.9. The summed E-state index contributed by atoms with van der Waals surface area (Å²) in [5.74, 6) is -0.0614. The molecule has 0 saturated carbocycles. The monoisotopic (exact) mass is 371 g/mol. The third-order valence-electron chi connectivity index (χ3n) is 3.55. The van der Waals surface area contributed by atoms with Crippen molar-refractivity contribution in [3.05, 3.63) is 54.1 Å². The van der Waals surface area contributed by atoms with E-state index in [2.05, 4.69) is 5.32 Å². The van der Waals surface area contributed by atoms with Gasteiger partial charge in [-0.05, 0) is 31.2 Å². The van der Waals surface area contributed by atoms with E-state index < -0.39 is 18.5 Å². The normalized spacial score (nSPS) is 10.0. The van der Waals surface area contributed by atoms with E-state index in [0.717, 1.165) is 0 Å². The third-order valence-corrected chi connectivity index (χ3v) is 3.55. The van der Waals surface area contributed by atoms with Crippen LogP contribution in [0.25, 0.3) is 0 Å². The lowest BCUT2D eigenvalue weighted by molar-refractivity contribution is -0.147. The molecule has 0 aliphatic carbocycles. The number of hydrogen-bond donors (Lipinski definition) is 1. The van der Waals surface area contributed by atoms with Crippen molar-refractivity contribution in [1.29, 1.82) is 0 Å². The largest absolute Gasteiger partial charge is 0.493 e. The van der Waals surface area contributed by atoms with Gasteiger partial charge in [-0.25, -0.2) is 0 Å². The topological polar surface area (TPSA) is 90.9 Å². The van der Waals surface area contributed by atoms with Gasteiger partial charge in [0.15, 0.2) is 23.9 Å². The van der Waals surface area contributed by atoms with Crippen molar-refractivity contribution >= 4 is 23.3 Å². The summed E-state index contributed by atoms with van der Waals surface area (Å²) in [5.41, 5.74) is 0.946. The van der Waals surface area contributed by atoms with E-state index in [0.29, 0.717) is 22.7 Å². The van der Waals surface area contributed by atoms with Gasteiger partial charge in [-0.3, -0.25) is 14.4 Å². The number of methoxy groups -OCH3 is 1. The quantitative estimate of drug-likeness (QED) is 0.538. The summed E-state index contributed by atoms with van der Waals surface area (Å²) in [6, 6.07) is 13.6. The maximum Gasteiger partial charge on any atom is 0.309 e. The Hall–Kier alpha value is -3.35. The van der Waals surface area contributed by atoms with Gasteiger partial charge < -0.3 is 19.5 Å². The number of ketones is 1. The minimum absolute atomic E-state index is 0.00878.